The zero-order chi connectivity index (χ0) is 13.2. The third-order valence-corrected chi connectivity index (χ3v) is 3.63. The van der Waals surface area contributed by atoms with Crippen LogP contribution in [0.2, 0.25) is 0 Å². The minimum atomic E-state index is 0.246. The van der Waals surface area contributed by atoms with Crippen LogP contribution in [0.3, 0.4) is 0 Å². The first-order chi connectivity index (χ1) is 8.50. The van der Waals surface area contributed by atoms with Gasteiger partial charge >= 0.3 is 0 Å². The number of halogens is 1. The van der Waals surface area contributed by atoms with Crippen LogP contribution < -0.4 is 4.90 Å². The van der Waals surface area contributed by atoms with Gasteiger partial charge in [-0.3, -0.25) is 9.88 Å². The molecule has 1 aromatic heterocycles. The molecule has 0 amide bonds. The standard InChI is InChI=1S/C13H21ClN4/c1-13(2,3)18-6-4-17(5-7-18)12-10-15-9-11(8-14)16-12/h9-10H,4-8H2,1-3H3. The van der Waals surface area contributed by atoms with Crippen molar-refractivity contribution in [2.45, 2.75) is 32.2 Å². The quantitative estimate of drug-likeness (QED) is 0.770. The highest BCUT2D eigenvalue weighted by molar-refractivity contribution is 6.16. The first-order valence-electron chi connectivity index (χ1n) is 6.37. The van der Waals surface area contributed by atoms with E-state index in [0.29, 0.717) is 5.88 Å². The van der Waals surface area contributed by atoms with E-state index >= 15 is 0 Å². The lowest BCUT2D eigenvalue weighted by atomic mass is 10.1. The maximum absolute atomic E-state index is 5.79. The largest absolute Gasteiger partial charge is 0.353 e. The van der Waals surface area contributed by atoms with E-state index < -0.39 is 0 Å². The van der Waals surface area contributed by atoms with E-state index in [4.69, 9.17) is 11.6 Å². The Hall–Kier alpha value is -0.870. The molecule has 5 heteroatoms. The molecule has 2 heterocycles. The molecule has 1 saturated heterocycles. The zero-order valence-corrected chi connectivity index (χ0v) is 12.1. The van der Waals surface area contributed by atoms with Gasteiger partial charge in [0.1, 0.15) is 5.82 Å². The van der Waals surface area contributed by atoms with Crippen molar-refractivity contribution in [1.29, 1.82) is 0 Å². The third-order valence-electron chi connectivity index (χ3n) is 3.36. The molecule has 2 rings (SSSR count). The predicted molar refractivity (Wildman–Crippen MR) is 75.1 cm³/mol. The Morgan fingerprint density at radius 3 is 2.39 bits per heavy atom. The summed E-state index contributed by atoms with van der Waals surface area (Å²) in [5, 5.41) is 0. The van der Waals surface area contributed by atoms with Crippen molar-refractivity contribution < 1.29 is 0 Å². The first-order valence-corrected chi connectivity index (χ1v) is 6.91. The van der Waals surface area contributed by atoms with Crippen molar-refractivity contribution in [1.82, 2.24) is 14.9 Å². The van der Waals surface area contributed by atoms with Gasteiger partial charge in [-0.1, -0.05) is 0 Å². The Morgan fingerprint density at radius 1 is 1.17 bits per heavy atom. The smallest absolute Gasteiger partial charge is 0.147 e. The normalized spacial score (nSPS) is 18.1. The number of hydrogen-bond acceptors (Lipinski definition) is 4. The van der Waals surface area contributed by atoms with Crippen molar-refractivity contribution in [3.8, 4) is 0 Å². The molecule has 0 aliphatic carbocycles. The molecule has 0 radical (unpaired) electrons. The van der Waals surface area contributed by atoms with Gasteiger partial charge in [0.15, 0.2) is 0 Å². The Bertz CT molecular complexity index is 394. The Kier molecular flexibility index (Phi) is 4.07. The SMILES string of the molecule is CC(C)(C)N1CCN(c2cncc(CCl)n2)CC1. The molecule has 1 aliphatic heterocycles. The summed E-state index contributed by atoms with van der Waals surface area (Å²) in [5.41, 5.74) is 1.09. The van der Waals surface area contributed by atoms with Crippen LogP contribution in [0, 0.1) is 0 Å². The van der Waals surface area contributed by atoms with Crippen LogP contribution in [0.25, 0.3) is 0 Å². The molecule has 0 spiro atoms. The van der Waals surface area contributed by atoms with Crippen LogP contribution in [0.15, 0.2) is 12.4 Å². The van der Waals surface area contributed by atoms with Crippen LogP contribution in [-0.4, -0.2) is 46.6 Å². The van der Waals surface area contributed by atoms with Crippen LogP contribution >= 0.6 is 11.6 Å². The molecule has 0 bridgehead atoms. The van der Waals surface area contributed by atoms with Crippen LogP contribution in [0.1, 0.15) is 26.5 Å². The van der Waals surface area contributed by atoms with Gasteiger partial charge < -0.3 is 4.90 Å². The summed E-state index contributed by atoms with van der Waals surface area (Å²) in [7, 11) is 0. The van der Waals surface area contributed by atoms with E-state index in [9.17, 15) is 0 Å². The highest BCUT2D eigenvalue weighted by Crippen LogP contribution is 2.19. The van der Waals surface area contributed by atoms with Gasteiger partial charge in [0.25, 0.3) is 0 Å². The zero-order valence-electron chi connectivity index (χ0n) is 11.4. The Morgan fingerprint density at radius 2 is 1.83 bits per heavy atom. The lowest BCUT2D eigenvalue weighted by Crippen LogP contribution is -2.53. The molecule has 0 atom stereocenters. The lowest BCUT2D eigenvalue weighted by molar-refractivity contribution is 0.128. The van der Waals surface area contributed by atoms with E-state index in [2.05, 4.69) is 40.5 Å². The van der Waals surface area contributed by atoms with E-state index in [0.717, 1.165) is 37.7 Å². The number of aromatic nitrogens is 2. The molecule has 100 valence electrons. The predicted octanol–water partition coefficient (Wildman–Crippen LogP) is 2.14. The minimum absolute atomic E-state index is 0.246. The first kappa shape index (κ1) is 13.6. The van der Waals surface area contributed by atoms with Gasteiger partial charge in [0, 0.05) is 37.9 Å². The minimum Gasteiger partial charge on any atom is -0.353 e. The van der Waals surface area contributed by atoms with E-state index in [1.54, 1.807) is 6.20 Å². The van der Waals surface area contributed by atoms with Gasteiger partial charge in [0.2, 0.25) is 0 Å². The van der Waals surface area contributed by atoms with Gasteiger partial charge in [-0.15, -0.1) is 11.6 Å². The fraction of sp³-hybridized carbons (Fsp3) is 0.692. The third kappa shape index (κ3) is 3.12. The Balaban J connectivity index is 2.01. The summed E-state index contributed by atoms with van der Waals surface area (Å²) >= 11 is 5.79. The molecular weight excluding hydrogens is 248 g/mol. The number of alkyl halides is 1. The highest BCUT2D eigenvalue weighted by Gasteiger charge is 2.26. The van der Waals surface area contributed by atoms with E-state index in [1.807, 2.05) is 6.20 Å². The molecule has 0 N–H and O–H groups in total. The number of hydrogen-bond donors (Lipinski definition) is 0. The van der Waals surface area contributed by atoms with Gasteiger partial charge in [-0.05, 0) is 20.8 Å². The number of nitrogens with zero attached hydrogens (tertiary/aromatic N) is 4. The number of piperazine rings is 1. The van der Waals surface area contributed by atoms with Gasteiger partial charge in [0.05, 0.1) is 17.8 Å². The maximum atomic E-state index is 5.79. The second kappa shape index (κ2) is 5.41. The fourth-order valence-corrected chi connectivity index (χ4v) is 2.35. The molecule has 1 fully saturated rings. The Labute approximate surface area is 114 Å². The molecule has 18 heavy (non-hydrogen) atoms. The van der Waals surface area contributed by atoms with E-state index in [1.165, 1.54) is 0 Å². The second-order valence-electron chi connectivity index (χ2n) is 5.65. The average Bonchev–Trinajstić information content (AvgIpc) is 2.38. The van der Waals surface area contributed by atoms with Crippen molar-refractivity contribution in [3.63, 3.8) is 0 Å². The molecule has 1 aromatic rings. The van der Waals surface area contributed by atoms with Crippen molar-refractivity contribution in [3.05, 3.63) is 18.1 Å². The van der Waals surface area contributed by atoms with Gasteiger partial charge in [-0.2, -0.15) is 0 Å². The molecule has 0 unspecified atom stereocenters. The average molecular weight is 269 g/mol. The second-order valence-corrected chi connectivity index (χ2v) is 5.91. The van der Waals surface area contributed by atoms with Crippen LogP contribution in [0.4, 0.5) is 5.82 Å². The highest BCUT2D eigenvalue weighted by atomic mass is 35.5. The molecule has 0 aromatic carbocycles. The summed E-state index contributed by atoms with van der Waals surface area (Å²) in [6.45, 7) is 10.9. The van der Waals surface area contributed by atoms with Crippen molar-refractivity contribution in [2.75, 3.05) is 31.1 Å². The van der Waals surface area contributed by atoms with Crippen molar-refractivity contribution >= 4 is 17.4 Å². The summed E-state index contributed by atoms with van der Waals surface area (Å²) in [6, 6.07) is 0. The molecular formula is C13H21ClN4. The van der Waals surface area contributed by atoms with E-state index in [-0.39, 0.29) is 5.54 Å². The van der Waals surface area contributed by atoms with Gasteiger partial charge in [-0.25, -0.2) is 4.98 Å². The molecule has 1 aliphatic rings. The van der Waals surface area contributed by atoms with Crippen LogP contribution in [-0.2, 0) is 5.88 Å². The fourth-order valence-electron chi connectivity index (χ4n) is 2.22. The summed E-state index contributed by atoms with van der Waals surface area (Å²) in [4.78, 5) is 13.5. The maximum Gasteiger partial charge on any atom is 0.147 e. The number of rotatable bonds is 2. The molecule has 4 nitrogen and oxygen atoms in total. The molecule has 0 saturated carbocycles. The van der Waals surface area contributed by atoms with Crippen LogP contribution in [0.5, 0.6) is 0 Å². The summed E-state index contributed by atoms with van der Waals surface area (Å²) in [6.07, 6.45) is 3.55. The monoisotopic (exact) mass is 268 g/mol. The van der Waals surface area contributed by atoms with Crippen molar-refractivity contribution in [2.24, 2.45) is 0 Å². The summed E-state index contributed by atoms with van der Waals surface area (Å²) < 4.78 is 0. The summed E-state index contributed by atoms with van der Waals surface area (Å²) in [5.74, 6) is 1.37. The number of anilines is 1. The topological polar surface area (TPSA) is 32.3 Å². The lowest BCUT2D eigenvalue weighted by Gasteiger charge is -2.42.